The number of aromatic nitrogens is 2. The maximum atomic E-state index is 12.7. The highest BCUT2D eigenvalue weighted by Gasteiger charge is 2.52. The Morgan fingerprint density at radius 3 is 2.43 bits per heavy atom. The molecular weight excluding hydrogens is 440 g/mol. The van der Waals surface area contributed by atoms with Crippen LogP contribution >= 0.6 is 0 Å². The second-order valence-corrected chi connectivity index (χ2v) is 11.3. The van der Waals surface area contributed by atoms with Gasteiger partial charge in [-0.1, -0.05) is 44.2 Å². The number of nitrogens with one attached hydrogen (secondary N) is 3. The van der Waals surface area contributed by atoms with Gasteiger partial charge in [-0.3, -0.25) is 4.79 Å². The summed E-state index contributed by atoms with van der Waals surface area (Å²) in [5.41, 5.74) is 8.49. The summed E-state index contributed by atoms with van der Waals surface area (Å²) in [5.74, 6) is -0.536. The number of anilines is 1. The minimum atomic E-state index is -0.536. The summed E-state index contributed by atoms with van der Waals surface area (Å²) < 4.78 is 1.77. The van der Waals surface area contributed by atoms with Crippen LogP contribution in [0.1, 0.15) is 64.7 Å². The van der Waals surface area contributed by atoms with Crippen LogP contribution in [0, 0.1) is 5.41 Å². The fourth-order valence-corrected chi connectivity index (χ4v) is 4.96. The van der Waals surface area contributed by atoms with Crippen molar-refractivity contribution in [2.24, 2.45) is 11.1 Å². The summed E-state index contributed by atoms with van der Waals surface area (Å²) in [6.45, 7) is 12.2. The van der Waals surface area contributed by atoms with E-state index in [9.17, 15) is 9.59 Å². The van der Waals surface area contributed by atoms with Crippen LogP contribution in [0.25, 0.3) is 16.6 Å². The Morgan fingerprint density at radius 2 is 1.80 bits per heavy atom. The number of nitrogens with two attached hydrogens (primary N) is 1. The molecule has 1 saturated carbocycles. The summed E-state index contributed by atoms with van der Waals surface area (Å²) >= 11 is 0. The maximum Gasteiger partial charge on any atom is 0.315 e. The van der Waals surface area contributed by atoms with Crippen molar-refractivity contribution < 1.29 is 9.59 Å². The van der Waals surface area contributed by atoms with Gasteiger partial charge in [0.1, 0.15) is 0 Å². The molecule has 1 fully saturated rings. The molecule has 0 aliphatic heterocycles. The van der Waals surface area contributed by atoms with E-state index in [0.29, 0.717) is 11.3 Å². The van der Waals surface area contributed by atoms with Crippen molar-refractivity contribution in [2.75, 3.05) is 5.32 Å². The maximum absolute atomic E-state index is 12.7. The van der Waals surface area contributed by atoms with Crippen LogP contribution in [-0.2, 0) is 0 Å². The smallest absolute Gasteiger partial charge is 0.315 e. The van der Waals surface area contributed by atoms with Crippen LogP contribution in [0.3, 0.4) is 0 Å². The molecule has 8 nitrogen and oxygen atoms in total. The number of nitrogens with zero attached hydrogens (tertiary/aromatic N) is 2. The molecule has 0 radical (unpaired) electrons. The van der Waals surface area contributed by atoms with E-state index in [1.807, 2.05) is 63.4 Å². The highest BCUT2D eigenvalue weighted by Crippen LogP contribution is 2.47. The zero-order valence-electron chi connectivity index (χ0n) is 21.4. The Labute approximate surface area is 206 Å². The number of urea groups is 1. The van der Waals surface area contributed by atoms with Crippen LogP contribution < -0.4 is 21.7 Å². The van der Waals surface area contributed by atoms with E-state index in [1.165, 1.54) is 6.20 Å². The molecule has 1 aliphatic carbocycles. The zero-order chi connectivity index (χ0) is 25.6. The predicted molar refractivity (Wildman–Crippen MR) is 139 cm³/mol. The number of hydrogen-bond donors (Lipinski definition) is 4. The fraction of sp³-hybridized carbons (Fsp3) is 0.444. The number of hydrogen-bond acceptors (Lipinski definition) is 4. The third kappa shape index (κ3) is 4.70. The summed E-state index contributed by atoms with van der Waals surface area (Å²) in [6, 6.07) is 11.9. The Bertz CT molecular complexity index is 1260. The van der Waals surface area contributed by atoms with Crippen LogP contribution in [0.2, 0.25) is 0 Å². The minimum absolute atomic E-state index is 0.0122. The number of benzene rings is 1. The molecule has 2 aromatic heterocycles. The first kappa shape index (κ1) is 24.6. The van der Waals surface area contributed by atoms with Crippen molar-refractivity contribution in [3.63, 3.8) is 0 Å². The Morgan fingerprint density at radius 1 is 1.11 bits per heavy atom. The zero-order valence-corrected chi connectivity index (χ0v) is 21.4. The third-order valence-electron chi connectivity index (χ3n) is 7.43. The normalized spacial score (nSPS) is 21.6. The molecule has 3 amide bonds. The van der Waals surface area contributed by atoms with Gasteiger partial charge in [0.15, 0.2) is 0 Å². The largest absolute Gasteiger partial charge is 0.379 e. The van der Waals surface area contributed by atoms with Crippen LogP contribution in [-0.4, -0.2) is 38.7 Å². The van der Waals surface area contributed by atoms with Gasteiger partial charge < -0.3 is 21.7 Å². The van der Waals surface area contributed by atoms with Gasteiger partial charge in [-0.15, -0.1) is 0 Å². The predicted octanol–water partition coefficient (Wildman–Crippen LogP) is 4.56. The molecule has 0 bridgehead atoms. The topological polar surface area (TPSA) is 114 Å². The molecule has 5 N–H and O–H groups in total. The van der Waals surface area contributed by atoms with Gasteiger partial charge in [0.05, 0.1) is 23.0 Å². The third-order valence-corrected chi connectivity index (χ3v) is 7.43. The lowest BCUT2D eigenvalue weighted by molar-refractivity contribution is 0.100. The minimum Gasteiger partial charge on any atom is -0.379 e. The van der Waals surface area contributed by atoms with Gasteiger partial charge in [0.2, 0.25) is 0 Å². The van der Waals surface area contributed by atoms with Crippen molar-refractivity contribution in [3.8, 4) is 11.1 Å². The van der Waals surface area contributed by atoms with Gasteiger partial charge in [0.25, 0.3) is 5.91 Å². The van der Waals surface area contributed by atoms with E-state index in [0.717, 1.165) is 29.5 Å². The van der Waals surface area contributed by atoms with Gasteiger partial charge in [-0.2, -0.15) is 5.10 Å². The van der Waals surface area contributed by atoms with Crippen molar-refractivity contribution >= 4 is 23.1 Å². The van der Waals surface area contributed by atoms with E-state index in [1.54, 1.807) is 4.52 Å². The molecule has 2 heterocycles. The van der Waals surface area contributed by atoms with Crippen molar-refractivity contribution in [2.45, 2.75) is 71.5 Å². The fourth-order valence-electron chi connectivity index (χ4n) is 4.96. The number of amides is 3. The monoisotopic (exact) mass is 476 g/mol. The van der Waals surface area contributed by atoms with E-state index >= 15 is 0 Å². The number of carbonyl (C=O) groups excluding carboxylic acids is 2. The second kappa shape index (κ2) is 8.59. The van der Waals surface area contributed by atoms with Gasteiger partial charge >= 0.3 is 6.03 Å². The molecule has 2 atom stereocenters. The van der Waals surface area contributed by atoms with E-state index < -0.39 is 11.4 Å². The van der Waals surface area contributed by atoms with Crippen LogP contribution in [0.4, 0.5) is 10.5 Å². The molecule has 1 aliphatic rings. The molecule has 35 heavy (non-hydrogen) atoms. The molecule has 186 valence electrons. The molecule has 0 spiro atoms. The molecule has 0 saturated heterocycles. The Kier molecular flexibility index (Phi) is 6.03. The standard InChI is InChI=1S/C27H36N6O2/c1-25(2,3)31-24(35)32-27(6)13-12-21(26(27,4)5)30-22-19(23(28)34)15-29-33-16-18(14-20(22)33)17-10-8-7-9-11-17/h7-11,14-16,21,30H,12-13H2,1-6H3,(H2,28,34)(H2,31,32,35)/t21-,27+/m1/s1. The SMILES string of the molecule is CC(C)(C)NC(=O)N[C@@]1(C)CC[C@@H](Nc2c(C(N)=O)cnn3cc(-c4ccccc4)cc23)C1(C)C. The average molecular weight is 477 g/mol. The second-order valence-electron chi connectivity index (χ2n) is 11.3. The van der Waals surface area contributed by atoms with Crippen LogP contribution in [0.5, 0.6) is 0 Å². The summed E-state index contributed by atoms with van der Waals surface area (Å²) in [6.07, 6.45) is 5.07. The van der Waals surface area contributed by atoms with Crippen molar-refractivity contribution in [1.29, 1.82) is 0 Å². The molecule has 8 heteroatoms. The molecule has 3 aromatic rings. The van der Waals surface area contributed by atoms with Gasteiger partial charge in [0, 0.05) is 34.3 Å². The summed E-state index contributed by atoms with van der Waals surface area (Å²) in [5, 5.41) is 14.3. The lowest BCUT2D eigenvalue weighted by Gasteiger charge is -2.43. The van der Waals surface area contributed by atoms with Crippen LogP contribution in [0.15, 0.2) is 48.8 Å². The highest BCUT2D eigenvalue weighted by molar-refractivity contribution is 6.02. The van der Waals surface area contributed by atoms with Gasteiger partial charge in [-0.25, -0.2) is 9.31 Å². The summed E-state index contributed by atoms with van der Waals surface area (Å²) in [7, 11) is 0. The Hall–Kier alpha value is -3.55. The number of carbonyl (C=O) groups is 2. The molecule has 4 rings (SSSR count). The lowest BCUT2D eigenvalue weighted by Crippen LogP contribution is -2.60. The number of primary amides is 1. The first-order chi connectivity index (χ1) is 16.3. The van der Waals surface area contributed by atoms with Crippen molar-refractivity contribution in [3.05, 3.63) is 54.4 Å². The van der Waals surface area contributed by atoms with E-state index in [4.69, 9.17) is 5.73 Å². The lowest BCUT2D eigenvalue weighted by atomic mass is 9.74. The average Bonchev–Trinajstić information content (AvgIpc) is 3.28. The van der Waals surface area contributed by atoms with Gasteiger partial charge in [-0.05, 0) is 52.2 Å². The number of fused-ring (bicyclic) bond motifs is 1. The molecule has 0 unspecified atom stereocenters. The Balaban J connectivity index is 1.68. The first-order valence-corrected chi connectivity index (χ1v) is 12.0. The highest BCUT2D eigenvalue weighted by atomic mass is 16.2. The van der Waals surface area contributed by atoms with E-state index in [2.05, 4.69) is 41.8 Å². The quantitative estimate of drug-likeness (QED) is 0.432. The molecular formula is C27H36N6O2. The molecule has 1 aromatic carbocycles. The van der Waals surface area contributed by atoms with E-state index in [-0.39, 0.29) is 23.0 Å². The van der Waals surface area contributed by atoms with Crippen molar-refractivity contribution in [1.82, 2.24) is 20.2 Å². The summed E-state index contributed by atoms with van der Waals surface area (Å²) in [4.78, 5) is 25.1. The number of rotatable bonds is 5. The first-order valence-electron chi connectivity index (χ1n) is 12.0.